The minimum atomic E-state index is -0.892. The van der Waals surface area contributed by atoms with Gasteiger partial charge in [-0.25, -0.2) is 19.3 Å². The van der Waals surface area contributed by atoms with E-state index in [1.165, 1.54) is 54.8 Å². The largest absolute Gasteiger partial charge is 0.382 e. The molecule has 3 aromatic heterocycles. The molecule has 4 rings (SSSR count). The topological polar surface area (TPSA) is 183 Å². The SMILES string of the molecule is CC(C(N)=O)N(c1ccc(F)cc1)c1nc(N)c(C(=O)c2cc(C(=O)Nc3cncnc3)no2)s1. The molecule has 14 heteroatoms. The van der Waals surface area contributed by atoms with Crippen LogP contribution in [-0.4, -0.2) is 43.7 Å². The maximum absolute atomic E-state index is 13.4. The Labute approximate surface area is 200 Å². The number of primary amides is 1. The first-order chi connectivity index (χ1) is 16.7. The van der Waals surface area contributed by atoms with E-state index in [1.54, 1.807) is 0 Å². The molecule has 3 heterocycles. The van der Waals surface area contributed by atoms with Crippen LogP contribution in [0, 0.1) is 5.82 Å². The minimum absolute atomic E-state index is 0.0108. The van der Waals surface area contributed by atoms with Crippen LogP contribution in [0.1, 0.15) is 32.8 Å². The van der Waals surface area contributed by atoms with Gasteiger partial charge >= 0.3 is 0 Å². The number of carbonyl (C=O) groups excluding carboxylic acids is 3. The summed E-state index contributed by atoms with van der Waals surface area (Å²) in [5.41, 5.74) is 12.0. The van der Waals surface area contributed by atoms with Gasteiger partial charge in [0.25, 0.3) is 5.91 Å². The second-order valence-corrected chi connectivity index (χ2v) is 8.10. The van der Waals surface area contributed by atoms with Crippen molar-refractivity contribution < 1.29 is 23.3 Å². The third kappa shape index (κ3) is 4.96. The summed E-state index contributed by atoms with van der Waals surface area (Å²) >= 11 is 0.869. The van der Waals surface area contributed by atoms with E-state index in [0.29, 0.717) is 11.4 Å². The molecule has 1 unspecified atom stereocenters. The molecule has 5 N–H and O–H groups in total. The highest BCUT2D eigenvalue weighted by atomic mass is 32.1. The van der Waals surface area contributed by atoms with Gasteiger partial charge in [-0.2, -0.15) is 0 Å². The third-order valence-corrected chi connectivity index (χ3v) is 5.81. The highest BCUT2D eigenvalue weighted by Gasteiger charge is 2.29. The van der Waals surface area contributed by atoms with Crippen molar-refractivity contribution in [2.75, 3.05) is 16.0 Å². The van der Waals surface area contributed by atoms with E-state index >= 15 is 0 Å². The molecule has 1 atom stereocenters. The highest BCUT2D eigenvalue weighted by molar-refractivity contribution is 7.18. The van der Waals surface area contributed by atoms with Crippen LogP contribution in [0.5, 0.6) is 0 Å². The number of carbonyl (C=O) groups is 3. The van der Waals surface area contributed by atoms with Crippen LogP contribution >= 0.6 is 11.3 Å². The number of nitrogens with zero attached hydrogens (tertiary/aromatic N) is 5. The van der Waals surface area contributed by atoms with Crippen LogP contribution < -0.4 is 21.7 Å². The molecule has 0 bridgehead atoms. The third-order valence-electron chi connectivity index (χ3n) is 4.74. The van der Waals surface area contributed by atoms with Crippen LogP contribution in [0.3, 0.4) is 0 Å². The molecule has 0 fully saturated rings. The minimum Gasteiger partial charge on any atom is -0.382 e. The second kappa shape index (κ2) is 9.64. The standard InChI is InChI=1S/C21H17FN8O4S/c1-10(19(24)32)30(13-4-2-11(22)3-5-13)21-28-18(23)17(35-21)16(31)15-6-14(29-34-15)20(33)27-12-7-25-9-26-8-12/h2-10H,23H2,1H3,(H2,24,32)(H,27,33). The van der Waals surface area contributed by atoms with E-state index in [9.17, 15) is 18.8 Å². The zero-order chi connectivity index (χ0) is 25.1. The fourth-order valence-electron chi connectivity index (χ4n) is 2.97. The Morgan fingerprint density at radius 1 is 1.17 bits per heavy atom. The van der Waals surface area contributed by atoms with Crippen molar-refractivity contribution in [2.45, 2.75) is 13.0 Å². The molecule has 0 spiro atoms. The van der Waals surface area contributed by atoms with Gasteiger partial charge in [0.2, 0.25) is 17.5 Å². The Bertz CT molecular complexity index is 1390. The maximum atomic E-state index is 13.4. The monoisotopic (exact) mass is 496 g/mol. The van der Waals surface area contributed by atoms with E-state index in [-0.39, 0.29) is 27.3 Å². The van der Waals surface area contributed by atoms with Crippen molar-refractivity contribution in [3.63, 3.8) is 0 Å². The molecular formula is C21H17FN8O4S. The van der Waals surface area contributed by atoms with Crippen LogP contribution in [0.2, 0.25) is 0 Å². The molecule has 4 aromatic rings. The van der Waals surface area contributed by atoms with Gasteiger partial charge in [-0.3, -0.25) is 14.4 Å². The number of nitrogen functional groups attached to an aromatic ring is 1. The summed E-state index contributed by atoms with van der Waals surface area (Å²) in [6.45, 7) is 1.53. The average Bonchev–Trinajstić information content (AvgIpc) is 3.48. The molecule has 0 radical (unpaired) electrons. The fraction of sp³-hybridized carbons (Fsp3) is 0.0952. The lowest BCUT2D eigenvalue weighted by molar-refractivity contribution is -0.118. The Balaban J connectivity index is 1.61. The quantitative estimate of drug-likeness (QED) is 0.305. The molecule has 35 heavy (non-hydrogen) atoms. The Hall–Kier alpha value is -4.72. The summed E-state index contributed by atoms with van der Waals surface area (Å²) in [6.07, 6.45) is 4.07. The summed E-state index contributed by atoms with van der Waals surface area (Å²) in [5, 5.41) is 6.31. The molecule has 0 saturated heterocycles. The Kier molecular flexibility index (Phi) is 6.46. The number of anilines is 4. The molecule has 0 saturated carbocycles. The number of ketones is 1. The Morgan fingerprint density at radius 3 is 2.51 bits per heavy atom. The number of hydrogen-bond donors (Lipinski definition) is 3. The van der Waals surface area contributed by atoms with Gasteiger partial charge in [0.1, 0.15) is 28.9 Å². The van der Waals surface area contributed by atoms with Crippen molar-refractivity contribution in [2.24, 2.45) is 5.73 Å². The number of thiazole rings is 1. The molecular weight excluding hydrogens is 479 g/mol. The Morgan fingerprint density at radius 2 is 1.86 bits per heavy atom. The molecule has 178 valence electrons. The second-order valence-electron chi connectivity index (χ2n) is 7.12. The van der Waals surface area contributed by atoms with Crippen LogP contribution in [0.25, 0.3) is 0 Å². The van der Waals surface area contributed by atoms with Gasteiger partial charge in [-0.15, -0.1) is 0 Å². The van der Waals surface area contributed by atoms with E-state index in [4.69, 9.17) is 16.0 Å². The summed E-state index contributed by atoms with van der Waals surface area (Å²) in [6, 6.07) is 5.56. The summed E-state index contributed by atoms with van der Waals surface area (Å²) in [4.78, 5) is 50.5. The number of aromatic nitrogens is 4. The summed E-state index contributed by atoms with van der Waals surface area (Å²) in [7, 11) is 0. The predicted molar refractivity (Wildman–Crippen MR) is 124 cm³/mol. The first kappa shape index (κ1) is 23.4. The van der Waals surface area contributed by atoms with Crippen molar-refractivity contribution in [3.8, 4) is 0 Å². The number of benzene rings is 1. The van der Waals surface area contributed by atoms with Gasteiger partial charge in [0.05, 0.1) is 18.1 Å². The van der Waals surface area contributed by atoms with Crippen LogP contribution in [0.15, 0.2) is 53.6 Å². The van der Waals surface area contributed by atoms with Crippen LogP contribution in [-0.2, 0) is 4.79 Å². The van der Waals surface area contributed by atoms with Crippen molar-refractivity contribution in [1.82, 2.24) is 20.1 Å². The number of nitrogens with one attached hydrogen (secondary N) is 1. The van der Waals surface area contributed by atoms with Gasteiger partial charge in [0.15, 0.2) is 10.8 Å². The molecule has 0 aliphatic rings. The van der Waals surface area contributed by atoms with Crippen molar-refractivity contribution in [3.05, 3.63) is 71.2 Å². The summed E-state index contributed by atoms with van der Waals surface area (Å²) in [5.74, 6) is -2.85. The zero-order valence-corrected chi connectivity index (χ0v) is 18.8. The van der Waals surface area contributed by atoms with Crippen molar-refractivity contribution >= 4 is 51.3 Å². The number of nitrogens with two attached hydrogens (primary N) is 2. The average molecular weight is 496 g/mol. The van der Waals surface area contributed by atoms with Gasteiger partial charge < -0.3 is 26.2 Å². The number of hydrogen-bond acceptors (Lipinski definition) is 11. The highest BCUT2D eigenvalue weighted by Crippen LogP contribution is 2.36. The van der Waals surface area contributed by atoms with Gasteiger partial charge in [-0.1, -0.05) is 16.5 Å². The molecule has 12 nitrogen and oxygen atoms in total. The first-order valence-electron chi connectivity index (χ1n) is 9.92. The lowest BCUT2D eigenvalue weighted by Gasteiger charge is -2.26. The van der Waals surface area contributed by atoms with Crippen molar-refractivity contribution in [1.29, 1.82) is 0 Å². The summed E-state index contributed by atoms with van der Waals surface area (Å²) < 4.78 is 18.5. The maximum Gasteiger partial charge on any atom is 0.277 e. The zero-order valence-electron chi connectivity index (χ0n) is 18.0. The van der Waals surface area contributed by atoms with E-state index < -0.39 is 29.5 Å². The molecule has 2 amide bonds. The number of amides is 2. The smallest absolute Gasteiger partial charge is 0.277 e. The number of halogens is 1. The predicted octanol–water partition coefficient (Wildman–Crippen LogP) is 2.14. The molecule has 0 aliphatic heterocycles. The normalized spacial score (nSPS) is 11.6. The van der Waals surface area contributed by atoms with E-state index in [1.807, 2.05) is 0 Å². The fourth-order valence-corrected chi connectivity index (χ4v) is 4.01. The van der Waals surface area contributed by atoms with E-state index in [0.717, 1.165) is 17.4 Å². The molecule has 0 aliphatic carbocycles. The van der Waals surface area contributed by atoms with E-state index in [2.05, 4.69) is 25.4 Å². The van der Waals surface area contributed by atoms with Gasteiger partial charge in [0, 0.05) is 11.8 Å². The lowest BCUT2D eigenvalue weighted by Crippen LogP contribution is -2.39. The lowest BCUT2D eigenvalue weighted by atomic mass is 10.2. The van der Waals surface area contributed by atoms with Crippen LogP contribution in [0.4, 0.5) is 26.7 Å². The van der Waals surface area contributed by atoms with Gasteiger partial charge in [-0.05, 0) is 31.2 Å². The molecule has 1 aromatic carbocycles. The first-order valence-corrected chi connectivity index (χ1v) is 10.7. The number of rotatable bonds is 8.